The third-order valence-corrected chi connectivity index (χ3v) is 48.5. The van der Waals surface area contributed by atoms with Crippen LogP contribution in [0.2, 0.25) is 72.5 Å². The third-order valence-electron chi connectivity index (χ3n) is 26.1. The van der Waals surface area contributed by atoms with Gasteiger partial charge in [0, 0.05) is 56.1 Å². The maximum Gasteiger partial charge on any atom is 0.147 e. The molecule has 0 aliphatic heterocycles. The van der Waals surface area contributed by atoms with E-state index < -0.39 is 43.9 Å². The van der Waals surface area contributed by atoms with E-state index in [1.165, 1.54) is 45.0 Å². The number of allylic oxidation sites excluding steroid dienone is 2. The van der Waals surface area contributed by atoms with Crippen LogP contribution in [0.5, 0.6) is 23.0 Å². The summed E-state index contributed by atoms with van der Waals surface area (Å²) in [4.78, 5) is 0. The van der Waals surface area contributed by atoms with E-state index in [0.29, 0.717) is 62.7 Å². The highest BCUT2D eigenvalue weighted by molar-refractivity contribution is 6.93. The van der Waals surface area contributed by atoms with Gasteiger partial charge in [-0.3, -0.25) is 0 Å². The van der Waals surface area contributed by atoms with Crippen LogP contribution in [0, 0.1) is 43.2 Å². The number of phenols is 2. The number of aryl methyl sites for hydroxylation is 2. The Balaban J connectivity index is 1.18. The Morgan fingerprint density at radius 3 is 1.11 bits per heavy atom. The average Bonchev–Trinajstić information content (AvgIpc) is 1.62. The molecule has 0 radical (unpaired) electrons. The van der Waals surface area contributed by atoms with Gasteiger partial charge in [-0.05, 0) is 144 Å². The second-order valence-electron chi connectivity index (χ2n) is 35.4. The van der Waals surface area contributed by atoms with Gasteiger partial charge < -0.3 is 28.8 Å². The lowest BCUT2D eigenvalue weighted by Gasteiger charge is -2.34. The lowest BCUT2D eigenvalue weighted by Crippen LogP contribution is -2.45. The number of fused-ring (bicyclic) bond motifs is 4. The summed E-state index contributed by atoms with van der Waals surface area (Å²) in [6.45, 7) is 62.1. The van der Waals surface area contributed by atoms with Gasteiger partial charge in [-0.1, -0.05) is 301 Å². The molecule has 12 heteroatoms. The number of benzene rings is 7. The summed E-state index contributed by atoms with van der Waals surface area (Å²) in [5.74, 6) is 0.209. The van der Waals surface area contributed by atoms with Crippen molar-refractivity contribution >= 4 is 86.6 Å². The molecule has 0 saturated carbocycles. The van der Waals surface area contributed by atoms with Crippen LogP contribution in [0.25, 0.3) is 72.4 Å². The highest BCUT2D eigenvalue weighted by Crippen LogP contribution is 2.51. The maximum atomic E-state index is 16.6. The molecule has 106 heavy (non-hydrogen) atoms. The second-order valence-corrected chi connectivity index (χ2v) is 56.5. The monoisotopic (exact) mass is 1500 g/mol. The van der Waals surface area contributed by atoms with Crippen LogP contribution in [0.1, 0.15) is 205 Å². The largest absolute Gasteiger partial charge is 0.505 e. The van der Waals surface area contributed by atoms with Gasteiger partial charge in [-0.2, -0.15) is 0 Å². The van der Waals surface area contributed by atoms with Crippen LogP contribution in [0.4, 0.5) is 8.78 Å². The van der Waals surface area contributed by atoms with E-state index in [-0.39, 0.29) is 46.4 Å². The average molecular weight is 1500 g/mol. The molecule has 0 atom stereocenters. The van der Waals surface area contributed by atoms with Crippen LogP contribution >= 0.6 is 0 Å². The Labute approximate surface area is 642 Å². The van der Waals surface area contributed by atoms with Crippen molar-refractivity contribution in [2.24, 2.45) is 10.8 Å². The fourth-order valence-electron chi connectivity index (χ4n) is 19.4. The molecule has 7 aromatic carbocycles. The van der Waals surface area contributed by atoms with Crippen molar-refractivity contribution < 1.29 is 28.5 Å². The fraction of sp³-hybridized carbons (Fsp3) is 0.489. The first-order valence-corrected chi connectivity index (χ1v) is 51.1. The first-order chi connectivity index (χ1) is 49.9. The molecule has 2 heterocycles. The molecule has 2 aromatic heterocycles. The van der Waals surface area contributed by atoms with Gasteiger partial charge in [0.25, 0.3) is 0 Å². The molecule has 0 unspecified atom stereocenters. The van der Waals surface area contributed by atoms with E-state index in [9.17, 15) is 10.2 Å². The summed E-state index contributed by atoms with van der Waals surface area (Å²) in [7, 11) is -7.47. The third kappa shape index (κ3) is 16.0. The van der Waals surface area contributed by atoms with Gasteiger partial charge in [0.2, 0.25) is 0 Å². The Hall–Kier alpha value is -6.71. The number of hydrogen-bond donors (Lipinski definition) is 2. The van der Waals surface area contributed by atoms with Crippen LogP contribution < -0.4 is 25.0 Å². The van der Waals surface area contributed by atoms with E-state index in [1.807, 2.05) is 13.8 Å². The van der Waals surface area contributed by atoms with E-state index in [0.717, 1.165) is 140 Å². The van der Waals surface area contributed by atoms with Gasteiger partial charge >= 0.3 is 0 Å². The van der Waals surface area contributed by atoms with Gasteiger partial charge in [-0.25, -0.2) is 8.78 Å². The van der Waals surface area contributed by atoms with Crippen molar-refractivity contribution in [2.45, 2.75) is 276 Å². The van der Waals surface area contributed by atoms with Gasteiger partial charge in [0.1, 0.15) is 34.6 Å². The van der Waals surface area contributed by atoms with Gasteiger partial charge in [-0.15, -0.1) is 0 Å². The number of halogens is 2. The number of hydrogen-bond acceptors (Lipinski definition) is 4. The minimum Gasteiger partial charge on any atom is -0.505 e. The van der Waals surface area contributed by atoms with Crippen LogP contribution in [-0.2, 0) is 10.8 Å². The zero-order chi connectivity index (χ0) is 78.2. The smallest absolute Gasteiger partial charge is 0.147 e. The lowest BCUT2D eigenvalue weighted by atomic mass is 9.71. The van der Waals surface area contributed by atoms with Gasteiger partial charge in [0.05, 0.1) is 73.4 Å². The first-order valence-electron chi connectivity index (χ1n) is 40.6. The summed E-state index contributed by atoms with van der Waals surface area (Å²) in [5, 5.41) is 36.0. The van der Waals surface area contributed by atoms with Gasteiger partial charge in [0.15, 0.2) is 0 Å². The minimum atomic E-state index is -1.90. The second kappa shape index (κ2) is 32.5. The summed E-state index contributed by atoms with van der Waals surface area (Å²) in [6.07, 6.45) is 6.67. The Bertz CT molecular complexity index is 4600. The summed E-state index contributed by atoms with van der Waals surface area (Å²) in [5.41, 5.74) is 10.9. The number of phenolic OH excluding ortho intramolecular Hbond substituents is 2. The summed E-state index contributed by atoms with van der Waals surface area (Å²) in [6, 6.07) is 49.8. The molecule has 0 bridgehead atoms. The molecule has 0 aliphatic rings. The van der Waals surface area contributed by atoms with Crippen molar-refractivity contribution in [2.75, 3.05) is 13.2 Å². The standard InChI is InChI=1S/C94H132F2N2O4Si4/c1-27-103(28-2,29-3)65(15)40-44-74-66(16)97(82-58-71(41-45-75(74)82)104(30-4,31-5)32-6)85-54-67(93(23,24)61-91(17,18)19)52-78(87(85)99)80-56-69(95)50-63(13)89(80)101-48-39-49-102-90-64(14)51-70(96)57-81(90)79-53-68(94(25,26)62-92(20,21)22)55-86(88(79)100)98-83-59-72(105(33-7,34-8)35-9)42-46-76(83)77-47-43-73(60-84(77)98)106(36-10,37-11)38-12/h40-47,50-60,99-100H,15,27-39,48-49,61-62H2,1-14,16-26H3/b44-40-. The number of rotatable bonds is 32. The lowest BCUT2D eigenvalue weighted by molar-refractivity contribution is 0.246. The predicted octanol–water partition coefficient (Wildman–Crippen LogP) is 26.7. The highest BCUT2D eigenvalue weighted by atomic mass is 28.3. The molecule has 0 spiro atoms. The molecule has 0 fully saturated rings. The summed E-state index contributed by atoms with van der Waals surface area (Å²) < 4.78 is 51.7. The SMILES string of the molecule is C=C(/C=C\c1c(C)n(-c2cc(C(C)(C)CC(C)(C)C)cc(-c3cc(F)cc(C)c3OCCCOc3c(C)cc(F)cc3-c3cc(C(C)(C)CC(C)(C)C)cc(-n4c5cc([Si](CC)(CC)CC)ccc5c5ccc([Si](CC)(CC)CC)cc54)c3O)c2O)c2cc([Si](CC)(CC)CC)ccc12)[Si](CC)(CC)CC. The number of aromatic nitrogens is 2. The predicted molar refractivity (Wildman–Crippen MR) is 468 cm³/mol. The first kappa shape index (κ1) is 83.3. The van der Waals surface area contributed by atoms with E-state index in [1.54, 1.807) is 0 Å². The van der Waals surface area contributed by atoms with Crippen LogP contribution in [-0.4, -0.2) is 64.9 Å². The highest BCUT2D eigenvalue weighted by Gasteiger charge is 2.38. The molecule has 6 nitrogen and oxygen atoms in total. The molecular formula is C94H132F2N2O4Si4. The normalized spacial score (nSPS) is 13.2. The van der Waals surface area contributed by atoms with Crippen LogP contribution in [0.3, 0.4) is 0 Å². The van der Waals surface area contributed by atoms with Crippen LogP contribution in [0.15, 0.2) is 121 Å². The van der Waals surface area contributed by atoms with Crippen molar-refractivity contribution in [3.63, 3.8) is 0 Å². The van der Waals surface area contributed by atoms with E-state index in [2.05, 4.69) is 259 Å². The molecule has 0 saturated heterocycles. The van der Waals surface area contributed by atoms with Crippen molar-refractivity contribution in [3.05, 3.63) is 166 Å². The maximum absolute atomic E-state index is 16.6. The zero-order valence-electron chi connectivity index (χ0n) is 70.1. The quantitative estimate of drug-likeness (QED) is 0.0250. The molecule has 0 aliphatic carbocycles. The number of nitrogens with zero attached hydrogens (tertiary/aromatic N) is 2. The Morgan fingerprint density at radius 2 is 0.774 bits per heavy atom. The molecular weight excluding hydrogens is 1370 g/mol. The zero-order valence-corrected chi connectivity index (χ0v) is 74.1. The van der Waals surface area contributed by atoms with E-state index in [4.69, 9.17) is 16.1 Å². The Morgan fingerprint density at radius 1 is 0.434 bits per heavy atom. The van der Waals surface area contributed by atoms with Crippen molar-refractivity contribution in [1.82, 2.24) is 9.13 Å². The van der Waals surface area contributed by atoms with Crippen molar-refractivity contribution in [1.29, 1.82) is 0 Å². The molecule has 572 valence electrons. The topological polar surface area (TPSA) is 68.8 Å². The van der Waals surface area contributed by atoms with E-state index >= 15 is 8.78 Å². The van der Waals surface area contributed by atoms with Crippen molar-refractivity contribution in [3.8, 4) is 56.6 Å². The number of aromatic hydroxyl groups is 2. The minimum absolute atomic E-state index is 0.0452. The molecule has 9 rings (SSSR count). The summed E-state index contributed by atoms with van der Waals surface area (Å²) >= 11 is 0. The molecule has 9 aromatic rings. The Kier molecular flexibility index (Phi) is 25.5. The molecule has 0 amide bonds. The molecule has 2 N–H and O–H groups in total. The number of ether oxygens (including phenoxy) is 2. The fourth-order valence-corrected chi connectivity index (χ4v) is 33.5.